The van der Waals surface area contributed by atoms with Gasteiger partial charge in [0.1, 0.15) is 11.6 Å². The molecule has 1 unspecified atom stereocenters. The molecule has 2 aromatic carbocycles. The Hall–Kier alpha value is -3.80. The van der Waals surface area contributed by atoms with E-state index in [1.165, 1.54) is 11.2 Å². The SMILES string of the molecule is O=C1C(C2COC2)[C@H](c2c(F)cc(-c3cnn(C(F)(F)F)c3)cc2F)N1c1ccc2nc[nH]c2c1. The highest BCUT2D eigenvalue weighted by molar-refractivity contribution is 6.04. The number of nitrogens with one attached hydrogen (secondary N) is 1. The van der Waals surface area contributed by atoms with Crippen LogP contribution in [0.1, 0.15) is 11.6 Å². The Balaban J connectivity index is 1.41. The number of nitrogens with zero attached hydrogens (tertiary/aromatic N) is 4. The molecule has 12 heteroatoms. The lowest BCUT2D eigenvalue weighted by molar-refractivity contribution is -0.212. The summed E-state index contributed by atoms with van der Waals surface area (Å²) in [5.74, 6) is -3.09. The number of halogens is 5. The Labute approximate surface area is 194 Å². The van der Waals surface area contributed by atoms with Crippen molar-refractivity contribution in [2.45, 2.75) is 12.3 Å². The molecule has 0 bridgehead atoms. The van der Waals surface area contributed by atoms with Gasteiger partial charge in [-0.05, 0) is 35.9 Å². The molecule has 1 N–H and O–H groups in total. The van der Waals surface area contributed by atoms with Crippen LogP contribution in [0.4, 0.5) is 27.6 Å². The Bertz CT molecular complexity index is 1440. The minimum atomic E-state index is -4.75. The van der Waals surface area contributed by atoms with Gasteiger partial charge in [-0.3, -0.25) is 4.79 Å². The lowest BCUT2D eigenvalue weighted by atomic mass is 9.72. The van der Waals surface area contributed by atoms with Crippen LogP contribution in [0, 0.1) is 23.5 Å². The highest BCUT2D eigenvalue weighted by Crippen LogP contribution is 2.50. The standard InChI is InChI=1S/C23H16F5N5O2/c24-15-3-11(12-6-31-32(7-12)23(26,27)28)4-16(25)20(15)21-19(13-8-35-9-13)22(34)33(21)14-1-2-17-18(5-14)30-10-29-17/h1-7,10,13,19,21H,8-9H2,(H,29,30)/t19?,21-/m1/s1. The molecule has 2 aliphatic heterocycles. The van der Waals surface area contributed by atoms with E-state index in [-0.39, 0.29) is 33.2 Å². The zero-order valence-corrected chi connectivity index (χ0v) is 17.8. The third-order valence-electron chi connectivity index (χ3n) is 6.55. The molecule has 2 aliphatic rings. The number of imidazole rings is 1. The molecule has 2 atom stereocenters. The third-order valence-corrected chi connectivity index (χ3v) is 6.55. The number of H-pyrrole nitrogens is 1. The quantitative estimate of drug-likeness (QED) is 0.338. The summed E-state index contributed by atoms with van der Waals surface area (Å²) in [6.45, 7) is 0.608. The summed E-state index contributed by atoms with van der Waals surface area (Å²) in [6, 6.07) is 6.00. The van der Waals surface area contributed by atoms with Gasteiger partial charge in [0, 0.05) is 28.9 Å². The highest BCUT2D eigenvalue weighted by atomic mass is 19.4. The van der Waals surface area contributed by atoms with Crippen molar-refractivity contribution in [3.05, 3.63) is 66.3 Å². The lowest BCUT2D eigenvalue weighted by Crippen LogP contribution is -2.61. The maximum atomic E-state index is 15.4. The monoisotopic (exact) mass is 489 g/mol. The Morgan fingerprint density at radius 1 is 1.06 bits per heavy atom. The van der Waals surface area contributed by atoms with Crippen molar-refractivity contribution in [3.8, 4) is 11.1 Å². The van der Waals surface area contributed by atoms with Crippen molar-refractivity contribution in [1.29, 1.82) is 0 Å². The minimum absolute atomic E-state index is 0.0955. The molecule has 2 aromatic heterocycles. The van der Waals surface area contributed by atoms with Crippen LogP contribution in [0.25, 0.3) is 22.2 Å². The van der Waals surface area contributed by atoms with Crippen LogP contribution in [0.2, 0.25) is 0 Å². The molecular weight excluding hydrogens is 473 g/mol. The van der Waals surface area contributed by atoms with Crippen LogP contribution in [0.3, 0.4) is 0 Å². The van der Waals surface area contributed by atoms with Crippen LogP contribution in [0.15, 0.2) is 49.1 Å². The molecule has 35 heavy (non-hydrogen) atoms. The van der Waals surface area contributed by atoms with E-state index in [2.05, 4.69) is 15.1 Å². The lowest BCUT2D eigenvalue weighted by Gasteiger charge is -2.52. The van der Waals surface area contributed by atoms with Crippen molar-refractivity contribution in [3.63, 3.8) is 0 Å². The summed E-state index contributed by atoms with van der Waals surface area (Å²) in [5.41, 5.74) is 1.26. The number of hydrogen-bond donors (Lipinski definition) is 1. The number of anilines is 1. The van der Waals surface area contributed by atoms with Gasteiger partial charge in [0.05, 0.1) is 48.7 Å². The van der Waals surface area contributed by atoms with Crippen molar-refractivity contribution in [2.75, 3.05) is 18.1 Å². The second kappa shape index (κ2) is 7.60. The largest absolute Gasteiger partial charge is 0.504 e. The first-order valence-electron chi connectivity index (χ1n) is 10.7. The first kappa shape index (κ1) is 21.7. The average molecular weight is 489 g/mol. The smallest absolute Gasteiger partial charge is 0.381 e. The molecule has 1 amide bonds. The van der Waals surface area contributed by atoms with Crippen LogP contribution in [-0.2, 0) is 15.8 Å². The van der Waals surface area contributed by atoms with Crippen molar-refractivity contribution >= 4 is 22.6 Å². The van der Waals surface area contributed by atoms with E-state index in [4.69, 9.17) is 4.74 Å². The Morgan fingerprint density at radius 3 is 2.43 bits per heavy atom. The number of carbonyl (C=O) groups excluding carboxylic acids is 1. The molecule has 0 spiro atoms. The molecule has 2 fully saturated rings. The predicted octanol–water partition coefficient (Wildman–Crippen LogP) is 4.53. The zero-order valence-electron chi connectivity index (χ0n) is 17.8. The van der Waals surface area contributed by atoms with Gasteiger partial charge in [0.2, 0.25) is 5.91 Å². The summed E-state index contributed by atoms with van der Waals surface area (Å²) in [4.78, 5) is 21.6. The molecule has 6 rings (SSSR count). The van der Waals surface area contributed by atoms with Crippen LogP contribution in [-0.4, -0.2) is 38.9 Å². The van der Waals surface area contributed by atoms with Gasteiger partial charge in [-0.15, -0.1) is 13.2 Å². The molecule has 0 aliphatic carbocycles. The van der Waals surface area contributed by atoms with Crippen LogP contribution >= 0.6 is 0 Å². The van der Waals surface area contributed by atoms with E-state index in [1.54, 1.807) is 18.2 Å². The normalized spacial score (nSPS) is 20.8. The van der Waals surface area contributed by atoms with E-state index in [0.29, 0.717) is 36.1 Å². The molecule has 180 valence electrons. The van der Waals surface area contributed by atoms with E-state index in [0.717, 1.165) is 18.3 Å². The van der Waals surface area contributed by atoms with Gasteiger partial charge in [0.15, 0.2) is 0 Å². The van der Waals surface area contributed by atoms with Gasteiger partial charge >= 0.3 is 6.30 Å². The topological polar surface area (TPSA) is 76.0 Å². The summed E-state index contributed by atoms with van der Waals surface area (Å²) in [5, 5.41) is 3.22. The zero-order chi connectivity index (χ0) is 24.5. The molecule has 7 nitrogen and oxygen atoms in total. The fourth-order valence-electron chi connectivity index (χ4n) is 4.75. The predicted molar refractivity (Wildman–Crippen MR) is 113 cm³/mol. The minimum Gasteiger partial charge on any atom is -0.381 e. The van der Waals surface area contributed by atoms with Crippen molar-refractivity contribution in [2.24, 2.45) is 11.8 Å². The van der Waals surface area contributed by atoms with Crippen LogP contribution < -0.4 is 4.90 Å². The fraction of sp³-hybridized carbons (Fsp3) is 0.261. The number of benzene rings is 2. The number of aromatic amines is 1. The first-order valence-corrected chi connectivity index (χ1v) is 10.7. The molecule has 4 heterocycles. The Kier molecular flexibility index (Phi) is 4.72. The number of β-lactam (4-membered cyclic amide) rings is 1. The molecule has 4 aromatic rings. The van der Waals surface area contributed by atoms with E-state index in [1.807, 2.05) is 0 Å². The highest BCUT2D eigenvalue weighted by Gasteiger charge is 2.55. The number of carbonyl (C=O) groups is 1. The second-order valence-corrected chi connectivity index (χ2v) is 8.58. The molecular formula is C23H16F5N5O2. The number of ether oxygens (including phenoxy) is 1. The number of amides is 1. The van der Waals surface area contributed by atoms with E-state index < -0.39 is 29.9 Å². The third kappa shape index (κ3) is 3.39. The van der Waals surface area contributed by atoms with Gasteiger partial charge in [0.25, 0.3) is 0 Å². The van der Waals surface area contributed by atoms with Gasteiger partial charge in [-0.1, -0.05) is 0 Å². The van der Waals surface area contributed by atoms with Gasteiger partial charge in [-0.25, -0.2) is 13.8 Å². The first-order chi connectivity index (χ1) is 16.7. The molecule has 0 radical (unpaired) electrons. The average Bonchev–Trinajstić information content (AvgIpc) is 3.44. The number of hydrogen-bond acceptors (Lipinski definition) is 4. The van der Waals surface area contributed by atoms with E-state index in [9.17, 15) is 18.0 Å². The van der Waals surface area contributed by atoms with Crippen molar-refractivity contribution < 1.29 is 31.5 Å². The second-order valence-electron chi connectivity index (χ2n) is 8.58. The van der Waals surface area contributed by atoms with E-state index >= 15 is 8.78 Å². The number of rotatable bonds is 4. The molecule has 0 saturated carbocycles. The molecule has 2 saturated heterocycles. The summed E-state index contributed by atoms with van der Waals surface area (Å²) in [6.07, 6.45) is -1.72. The summed E-state index contributed by atoms with van der Waals surface area (Å²) in [7, 11) is 0. The maximum absolute atomic E-state index is 15.4. The summed E-state index contributed by atoms with van der Waals surface area (Å²) < 4.78 is 74.4. The van der Waals surface area contributed by atoms with Gasteiger partial charge in [-0.2, -0.15) is 9.78 Å². The summed E-state index contributed by atoms with van der Waals surface area (Å²) >= 11 is 0. The Morgan fingerprint density at radius 2 is 1.80 bits per heavy atom. The van der Waals surface area contributed by atoms with Crippen molar-refractivity contribution in [1.82, 2.24) is 19.7 Å². The van der Waals surface area contributed by atoms with Crippen LogP contribution in [0.5, 0.6) is 0 Å². The number of alkyl halides is 3. The van der Waals surface area contributed by atoms with Gasteiger partial charge < -0.3 is 14.6 Å². The maximum Gasteiger partial charge on any atom is 0.504 e. The number of fused-ring (bicyclic) bond motifs is 1. The number of aromatic nitrogens is 4. The fourth-order valence-corrected chi connectivity index (χ4v) is 4.75.